The van der Waals surface area contributed by atoms with Gasteiger partial charge in [-0.15, -0.1) is 0 Å². The maximum atomic E-state index is 12.3. The Kier molecular flexibility index (Phi) is 6.97. The first kappa shape index (κ1) is 17.7. The monoisotopic (exact) mass is 336 g/mol. The molecule has 2 unspecified atom stereocenters. The van der Waals surface area contributed by atoms with E-state index in [-0.39, 0.29) is 18.2 Å². The third-order valence-corrected chi connectivity index (χ3v) is 5.44. The van der Waals surface area contributed by atoms with Crippen LogP contribution in [0.25, 0.3) is 0 Å². The molecule has 2 amide bonds. The van der Waals surface area contributed by atoms with Crippen molar-refractivity contribution in [2.24, 2.45) is 5.92 Å². The Morgan fingerprint density at radius 2 is 2.04 bits per heavy atom. The first-order valence-electron chi connectivity index (χ1n) is 9.72. The summed E-state index contributed by atoms with van der Waals surface area (Å²) in [4.78, 5) is 14.2. The molecule has 5 heteroatoms. The van der Waals surface area contributed by atoms with E-state index < -0.39 is 0 Å². The lowest BCUT2D eigenvalue weighted by Crippen LogP contribution is -2.47. The van der Waals surface area contributed by atoms with Gasteiger partial charge in [-0.2, -0.15) is 0 Å². The predicted molar refractivity (Wildman–Crippen MR) is 94.0 cm³/mol. The van der Waals surface area contributed by atoms with E-state index in [1.54, 1.807) is 0 Å². The minimum atomic E-state index is 0.0959. The molecule has 0 radical (unpaired) electrons. The van der Waals surface area contributed by atoms with Crippen LogP contribution in [0.2, 0.25) is 0 Å². The van der Waals surface area contributed by atoms with Crippen LogP contribution in [0.5, 0.6) is 0 Å². The van der Waals surface area contributed by atoms with E-state index in [0.717, 1.165) is 58.3 Å². The number of rotatable bonds is 5. The molecule has 2 fully saturated rings. The number of hydrogen-bond acceptors (Lipinski definition) is 3. The van der Waals surface area contributed by atoms with Crippen LogP contribution in [0.3, 0.4) is 0 Å². The minimum Gasteiger partial charge on any atom is -0.376 e. The summed E-state index contributed by atoms with van der Waals surface area (Å²) in [7, 11) is 0. The van der Waals surface area contributed by atoms with E-state index in [0.29, 0.717) is 12.5 Å². The van der Waals surface area contributed by atoms with E-state index in [1.165, 1.54) is 19.3 Å². The standard InChI is InChI=1S/C19H32N2O3/c22-19(20-14-16-6-2-1-3-7-16)21-11-9-17(10-12-21)24-15-18-8-4-5-13-23-18/h1-2,16-18H,3-15H2,(H,20,22). The normalized spacial score (nSPS) is 28.8. The van der Waals surface area contributed by atoms with Crippen molar-refractivity contribution in [2.45, 2.75) is 63.6 Å². The number of allylic oxidation sites excluding steroid dienone is 2. The van der Waals surface area contributed by atoms with Crippen LogP contribution < -0.4 is 5.32 Å². The fourth-order valence-electron chi connectivity index (χ4n) is 3.79. The fourth-order valence-corrected chi connectivity index (χ4v) is 3.79. The molecule has 2 atom stereocenters. The Hall–Kier alpha value is -1.07. The van der Waals surface area contributed by atoms with Crippen LogP contribution >= 0.6 is 0 Å². The zero-order valence-corrected chi connectivity index (χ0v) is 14.8. The Morgan fingerprint density at radius 3 is 2.75 bits per heavy atom. The zero-order chi connectivity index (χ0) is 16.6. The summed E-state index contributed by atoms with van der Waals surface area (Å²) >= 11 is 0. The molecule has 1 aliphatic carbocycles. The maximum absolute atomic E-state index is 12.3. The number of hydrogen-bond donors (Lipinski definition) is 1. The second kappa shape index (κ2) is 9.42. The number of likely N-dealkylation sites (tertiary alicyclic amines) is 1. The van der Waals surface area contributed by atoms with Crippen molar-refractivity contribution in [3.8, 4) is 0 Å². The van der Waals surface area contributed by atoms with Gasteiger partial charge in [0.15, 0.2) is 0 Å². The number of urea groups is 1. The third kappa shape index (κ3) is 5.49. The molecule has 0 saturated carbocycles. The van der Waals surface area contributed by atoms with E-state index >= 15 is 0 Å². The Bertz CT molecular complexity index is 413. The van der Waals surface area contributed by atoms with Crippen molar-refractivity contribution in [1.82, 2.24) is 10.2 Å². The van der Waals surface area contributed by atoms with Crippen molar-refractivity contribution < 1.29 is 14.3 Å². The minimum absolute atomic E-state index is 0.0959. The highest BCUT2D eigenvalue weighted by molar-refractivity contribution is 5.74. The van der Waals surface area contributed by atoms with Gasteiger partial charge in [0.25, 0.3) is 0 Å². The van der Waals surface area contributed by atoms with Gasteiger partial charge < -0.3 is 19.7 Å². The predicted octanol–water partition coefficient (Wildman–Crippen LogP) is 3.10. The fraction of sp³-hybridized carbons (Fsp3) is 0.842. The van der Waals surface area contributed by atoms with Crippen molar-refractivity contribution in [3.63, 3.8) is 0 Å². The van der Waals surface area contributed by atoms with Gasteiger partial charge in [0.1, 0.15) is 0 Å². The van der Waals surface area contributed by atoms with Crippen LogP contribution in [0.4, 0.5) is 4.79 Å². The average molecular weight is 336 g/mol. The summed E-state index contributed by atoms with van der Waals surface area (Å²) in [5.41, 5.74) is 0. The smallest absolute Gasteiger partial charge is 0.317 e. The number of piperidine rings is 1. The second-order valence-corrected chi connectivity index (χ2v) is 7.34. The molecule has 0 aromatic heterocycles. The van der Waals surface area contributed by atoms with E-state index in [9.17, 15) is 4.79 Å². The zero-order valence-electron chi connectivity index (χ0n) is 14.8. The van der Waals surface area contributed by atoms with E-state index in [2.05, 4.69) is 17.5 Å². The average Bonchev–Trinajstić information content (AvgIpc) is 2.66. The van der Waals surface area contributed by atoms with Gasteiger partial charge in [-0.25, -0.2) is 4.79 Å². The Labute approximate surface area is 145 Å². The summed E-state index contributed by atoms with van der Waals surface area (Å²) in [5, 5.41) is 3.11. The molecule has 0 spiro atoms. The second-order valence-electron chi connectivity index (χ2n) is 7.34. The summed E-state index contributed by atoms with van der Waals surface area (Å²) in [5.74, 6) is 0.607. The van der Waals surface area contributed by atoms with Gasteiger partial charge >= 0.3 is 6.03 Å². The van der Waals surface area contributed by atoms with Crippen molar-refractivity contribution >= 4 is 6.03 Å². The maximum Gasteiger partial charge on any atom is 0.317 e. The molecular weight excluding hydrogens is 304 g/mol. The first-order valence-corrected chi connectivity index (χ1v) is 9.72. The Morgan fingerprint density at radius 1 is 1.17 bits per heavy atom. The molecule has 2 aliphatic heterocycles. The first-order chi connectivity index (χ1) is 11.8. The molecule has 3 rings (SSSR count). The summed E-state index contributed by atoms with van der Waals surface area (Å²) in [6.45, 7) is 3.99. The van der Waals surface area contributed by atoms with Crippen molar-refractivity contribution in [2.75, 3.05) is 32.8 Å². The van der Waals surface area contributed by atoms with Gasteiger partial charge in [-0.1, -0.05) is 12.2 Å². The van der Waals surface area contributed by atoms with Crippen LogP contribution in [0.1, 0.15) is 51.4 Å². The van der Waals surface area contributed by atoms with Crippen LogP contribution in [-0.2, 0) is 9.47 Å². The topological polar surface area (TPSA) is 50.8 Å². The number of amides is 2. The Balaban J connectivity index is 1.29. The summed E-state index contributed by atoms with van der Waals surface area (Å²) in [6.07, 6.45) is 13.9. The summed E-state index contributed by atoms with van der Waals surface area (Å²) < 4.78 is 11.7. The molecular formula is C19H32N2O3. The highest BCUT2D eigenvalue weighted by Crippen LogP contribution is 2.19. The van der Waals surface area contributed by atoms with Crippen molar-refractivity contribution in [3.05, 3.63) is 12.2 Å². The van der Waals surface area contributed by atoms with E-state index in [4.69, 9.17) is 9.47 Å². The molecule has 136 valence electrons. The largest absolute Gasteiger partial charge is 0.376 e. The molecule has 0 aromatic carbocycles. The number of nitrogens with zero attached hydrogens (tertiary/aromatic N) is 1. The SMILES string of the molecule is O=C(NCC1CC=CCC1)N1CCC(OCC2CCCCO2)CC1. The molecule has 1 N–H and O–H groups in total. The number of ether oxygens (including phenoxy) is 2. The third-order valence-electron chi connectivity index (χ3n) is 5.44. The number of nitrogens with one attached hydrogen (secondary N) is 1. The molecule has 2 heterocycles. The quantitative estimate of drug-likeness (QED) is 0.785. The lowest BCUT2D eigenvalue weighted by Gasteiger charge is -2.33. The molecule has 5 nitrogen and oxygen atoms in total. The van der Waals surface area contributed by atoms with Gasteiger partial charge in [0.2, 0.25) is 0 Å². The van der Waals surface area contributed by atoms with Gasteiger partial charge in [0.05, 0.1) is 18.8 Å². The molecule has 0 bridgehead atoms. The number of carbonyl (C=O) groups is 1. The summed E-state index contributed by atoms with van der Waals surface area (Å²) in [6, 6.07) is 0.0959. The van der Waals surface area contributed by atoms with Crippen molar-refractivity contribution in [1.29, 1.82) is 0 Å². The van der Waals surface area contributed by atoms with Gasteiger partial charge in [-0.05, 0) is 57.3 Å². The lowest BCUT2D eigenvalue weighted by molar-refractivity contribution is -0.0728. The van der Waals surface area contributed by atoms with Gasteiger partial charge in [-0.3, -0.25) is 0 Å². The molecule has 24 heavy (non-hydrogen) atoms. The van der Waals surface area contributed by atoms with Crippen LogP contribution in [-0.4, -0.2) is 56.0 Å². The highest BCUT2D eigenvalue weighted by Gasteiger charge is 2.25. The highest BCUT2D eigenvalue weighted by atomic mass is 16.5. The molecule has 2 saturated heterocycles. The van der Waals surface area contributed by atoms with Crippen LogP contribution in [0, 0.1) is 5.92 Å². The lowest BCUT2D eigenvalue weighted by atomic mass is 9.94. The van der Waals surface area contributed by atoms with E-state index in [1.807, 2.05) is 4.90 Å². The molecule has 3 aliphatic rings. The van der Waals surface area contributed by atoms with Crippen LogP contribution in [0.15, 0.2) is 12.2 Å². The molecule has 0 aromatic rings. The number of carbonyl (C=O) groups excluding carboxylic acids is 1. The van der Waals surface area contributed by atoms with Gasteiger partial charge in [0, 0.05) is 26.2 Å².